The summed E-state index contributed by atoms with van der Waals surface area (Å²) in [5.41, 5.74) is 3.90. The summed E-state index contributed by atoms with van der Waals surface area (Å²) in [6.45, 7) is 6.80. The molecule has 0 unspecified atom stereocenters. The molecule has 0 aliphatic carbocycles. The van der Waals surface area contributed by atoms with E-state index < -0.39 is 0 Å². The Kier molecular flexibility index (Phi) is 5.79. The fraction of sp³-hybridized carbons (Fsp3) is 0.364. The molecular weight excluding hydrogens is 340 g/mol. The van der Waals surface area contributed by atoms with Gasteiger partial charge in [-0.1, -0.05) is 32.0 Å². The minimum atomic E-state index is -0.0715. The van der Waals surface area contributed by atoms with E-state index in [4.69, 9.17) is 4.74 Å². The van der Waals surface area contributed by atoms with Gasteiger partial charge in [0.1, 0.15) is 5.75 Å². The first kappa shape index (κ1) is 19.0. The molecule has 1 N–H and O–H groups in total. The fourth-order valence-electron chi connectivity index (χ4n) is 3.13. The number of ether oxygens (including phenoxy) is 1. The van der Waals surface area contributed by atoms with Crippen LogP contribution in [0, 0.1) is 6.92 Å². The Morgan fingerprint density at radius 1 is 1.19 bits per heavy atom. The molecule has 0 spiro atoms. The van der Waals surface area contributed by atoms with Crippen LogP contribution in [-0.2, 0) is 9.59 Å². The number of carbonyl (C=O) groups excluding carboxylic acids is 2. The summed E-state index contributed by atoms with van der Waals surface area (Å²) in [5.74, 6) is 1.07. The molecule has 3 rings (SSSR count). The largest absolute Gasteiger partial charge is 0.482 e. The highest BCUT2D eigenvalue weighted by Crippen LogP contribution is 2.33. The quantitative estimate of drug-likeness (QED) is 0.831. The van der Waals surface area contributed by atoms with Crippen molar-refractivity contribution in [1.82, 2.24) is 0 Å². The van der Waals surface area contributed by atoms with Crippen LogP contribution in [0.4, 0.5) is 11.4 Å². The highest BCUT2D eigenvalue weighted by atomic mass is 16.5. The van der Waals surface area contributed by atoms with Gasteiger partial charge in [0, 0.05) is 18.7 Å². The Hall–Kier alpha value is -2.82. The van der Waals surface area contributed by atoms with Gasteiger partial charge in [0.2, 0.25) is 5.91 Å². The monoisotopic (exact) mass is 366 g/mol. The van der Waals surface area contributed by atoms with Gasteiger partial charge in [-0.3, -0.25) is 9.59 Å². The van der Waals surface area contributed by atoms with Crippen LogP contribution >= 0.6 is 0 Å². The number of aryl methyl sites for hydroxylation is 1. The second kappa shape index (κ2) is 8.25. The van der Waals surface area contributed by atoms with Crippen molar-refractivity contribution in [3.8, 4) is 5.75 Å². The summed E-state index contributed by atoms with van der Waals surface area (Å²) in [6, 6.07) is 13.7. The van der Waals surface area contributed by atoms with Gasteiger partial charge in [-0.2, -0.15) is 0 Å². The minimum absolute atomic E-state index is 0.0440. The maximum Gasteiger partial charge on any atom is 0.265 e. The van der Waals surface area contributed by atoms with E-state index >= 15 is 0 Å². The van der Waals surface area contributed by atoms with Crippen molar-refractivity contribution in [2.24, 2.45) is 0 Å². The SMILES string of the molecule is Cc1ccc2c(c1)N(CCCC(=O)Nc1ccc(C(C)C)cc1)C(=O)CO2. The van der Waals surface area contributed by atoms with E-state index in [-0.39, 0.29) is 18.4 Å². The van der Waals surface area contributed by atoms with Gasteiger partial charge in [0.15, 0.2) is 6.61 Å². The normalized spacial score (nSPS) is 13.3. The number of carbonyl (C=O) groups is 2. The smallest absolute Gasteiger partial charge is 0.265 e. The van der Waals surface area contributed by atoms with Crippen LogP contribution < -0.4 is 15.0 Å². The second-order valence-corrected chi connectivity index (χ2v) is 7.23. The van der Waals surface area contributed by atoms with Crippen LogP contribution in [0.3, 0.4) is 0 Å². The third-order valence-corrected chi connectivity index (χ3v) is 4.70. The van der Waals surface area contributed by atoms with Crippen LogP contribution in [-0.4, -0.2) is 25.0 Å². The molecule has 0 fully saturated rings. The molecule has 0 saturated carbocycles. The molecule has 0 saturated heterocycles. The van der Waals surface area contributed by atoms with E-state index in [0.29, 0.717) is 25.3 Å². The summed E-state index contributed by atoms with van der Waals surface area (Å²) in [6.07, 6.45) is 0.951. The average molecular weight is 366 g/mol. The Labute approximate surface area is 160 Å². The molecule has 1 aliphatic rings. The van der Waals surface area contributed by atoms with Crippen molar-refractivity contribution in [3.05, 3.63) is 53.6 Å². The number of amides is 2. The first-order chi connectivity index (χ1) is 12.9. The molecule has 1 aliphatic heterocycles. The number of anilines is 2. The van der Waals surface area contributed by atoms with E-state index in [1.807, 2.05) is 49.4 Å². The van der Waals surface area contributed by atoms with E-state index in [9.17, 15) is 9.59 Å². The van der Waals surface area contributed by atoms with Crippen molar-refractivity contribution < 1.29 is 14.3 Å². The predicted octanol–water partition coefficient (Wildman–Crippen LogP) is 4.26. The standard InChI is InChI=1S/C22H26N2O3/c1-15(2)17-7-9-18(10-8-17)23-21(25)5-4-12-24-19-13-16(3)6-11-20(19)27-14-22(24)26/h6-11,13,15H,4-5,12,14H2,1-3H3,(H,23,25). The lowest BCUT2D eigenvalue weighted by Gasteiger charge is -2.29. The Morgan fingerprint density at radius 3 is 2.63 bits per heavy atom. The Bertz CT molecular complexity index is 828. The lowest BCUT2D eigenvalue weighted by atomic mass is 10.0. The lowest BCUT2D eigenvalue weighted by molar-refractivity contribution is -0.121. The van der Waals surface area contributed by atoms with E-state index in [1.165, 1.54) is 5.56 Å². The maximum absolute atomic E-state index is 12.2. The van der Waals surface area contributed by atoms with Crippen molar-refractivity contribution in [2.75, 3.05) is 23.4 Å². The number of hydrogen-bond acceptors (Lipinski definition) is 3. The first-order valence-electron chi connectivity index (χ1n) is 9.37. The summed E-state index contributed by atoms with van der Waals surface area (Å²) in [4.78, 5) is 26.2. The van der Waals surface area contributed by atoms with Gasteiger partial charge in [-0.25, -0.2) is 0 Å². The van der Waals surface area contributed by atoms with Crippen LogP contribution in [0.25, 0.3) is 0 Å². The highest BCUT2D eigenvalue weighted by molar-refractivity contribution is 5.98. The van der Waals surface area contributed by atoms with Gasteiger partial charge in [-0.05, 0) is 54.7 Å². The van der Waals surface area contributed by atoms with Crippen LogP contribution in [0.15, 0.2) is 42.5 Å². The Balaban J connectivity index is 1.54. The van der Waals surface area contributed by atoms with Gasteiger partial charge in [0.05, 0.1) is 5.69 Å². The summed E-state index contributed by atoms with van der Waals surface area (Å²) in [5, 5.41) is 2.92. The van der Waals surface area contributed by atoms with Gasteiger partial charge >= 0.3 is 0 Å². The second-order valence-electron chi connectivity index (χ2n) is 7.23. The molecule has 142 valence electrons. The Morgan fingerprint density at radius 2 is 1.93 bits per heavy atom. The summed E-state index contributed by atoms with van der Waals surface area (Å²) in [7, 11) is 0. The average Bonchev–Trinajstić information content (AvgIpc) is 2.64. The molecule has 0 bridgehead atoms. The van der Waals surface area contributed by atoms with E-state index in [1.54, 1.807) is 4.90 Å². The molecule has 2 aromatic rings. The van der Waals surface area contributed by atoms with Crippen LogP contribution in [0.5, 0.6) is 5.75 Å². The van der Waals surface area contributed by atoms with E-state index in [0.717, 1.165) is 22.7 Å². The number of fused-ring (bicyclic) bond motifs is 1. The molecule has 0 aromatic heterocycles. The lowest BCUT2D eigenvalue weighted by Crippen LogP contribution is -2.39. The molecule has 0 atom stereocenters. The molecule has 2 amide bonds. The molecule has 5 nitrogen and oxygen atoms in total. The number of nitrogens with zero attached hydrogens (tertiary/aromatic N) is 1. The van der Waals surface area contributed by atoms with Crippen molar-refractivity contribution in [2.45, 2.75) is 39.5 Å². The molecular formula is C22H26N2O3. The highest BCUT2D eigenvalue weighted by Gasteiger charge is 2.25. The zero-order valence-electron chi connectivity index (χ0n) is 16.1. The van der Waals surface area contributed by atoms with Gasteiger partial charge < -0.3 is 15.0 Å². The number of rotatable bonds is 6. The minimum Gasteiger partial charge on any atom is -0.482 e. The van der Waals surface area contributed by atoms with Crippen molar-refractivity contribution in [3.63, 3.8) is 0 Å². The first-order valence-corrected chi connectivity index (χ1v) is 9.37. The van der Waals surface area contributed by atoms with Crippen LogP contribution in [0.2, 0.25) is 0 Å². The third kappa shape index (κ3) is 4.67. The summed E-state index contributed by atoms with van der Waals surface area (Å²) < 4.78 is 5.48. The van der Waals surface area contributed by atoms with Gasteiger partial charge in [-0.15, -0.1) is 0 Å². The third-order valence-electron chi connectivity index (χ3n) is 4.70. The zero-order valence-corrected chi connectivity index (χ0v) is 16.1. The molecule has 1 heterocycles. The van der Waals surface area contributed by atoms with Crippen molar-refractivity contribution >= 4 is 23.2 Å². The summed E-state index contributed by atoms with van der Waals surface area (Å²) >= 11 is 0. The number of hydrogen-bond donors (Lipinski definition) is 1. The number of nitrogens with one attached hydrogen (secondary N) is 1. The maximum atomic E-state index is 12.2. The van der Waals surface area contributed by atoms with Gasteiger partial charge in [0.25, 0.3) is 5.91 Å². The van der Waals surface area contributed by atoms with Crippen LogP contribution in [0.1, 0.15) is 43.7 Å². The van der Waals surface area contributed by atoms with Crippen molar-refractivity contribution in [1.29, 1.82) is 0 Å². The number of benzene rings is 2. The zero-order chi connectivity index (χ0) is 19.4. The van der Waals surface area contributed by atoms with E-state index in [2.05, 4.69) is 19.2 Å². The fourth-order valence-corrected chi connectivity index (χ4v) is 3.13. The molecule has 5 heteroatoms. The topological polar surface area (TPSA) is 58.6 Å². The predicted molar refractivity (Wildman–Crippen MR) is 107 cm³/mol. The molecule has 27 heavy (non-hydrogen) atoms. The molecule has 2 aromatic carbocycles. The molecule has 0 radical (unpaired) electrons.